The van der Waals surface area contributed by atoms with Crippen LogP contribution in [0.4, 0.5) is 0 Å². The van der Waals surface area contributed by atoms with Gasteiger partial charge in [0.25, 0.3) is 0 Å². The summed E-state index contributed by atoms with van der Waals surface area (Å²) < 4.78 is 1.90. The third-order valence-electron chi connectivity index (χ3n) is 4.01. The lowest BCUT2D eigenvalue weighted by Gasteiger charge is -2.11. The zero-order chi connectivity index (χ0) is 15.9. The number of fused-ring (bicyclic) bond motifs is 1. The summed E-state index contributed by atoms with van der Waals surface area (Å²) in [5.41, 5.74) is 5.90. The highest BCUT2D eigenvalue weighted by molar-refractivity contribution is 5.96. The van der Waals surface area contributed by atoms with Crippen LogP contribution in [0, 0.1) is 20.8 Å². The predicted octanol–water partition coefficient (Wildman–Crippen LogP) is 4.31. The molecule has 0 aliphatic heterocycles. The van der Waals surface area contributed by atoms with Crippen LogP contribution in [0.5, 0.6) is 0 Å². The highest BCUT2D eigenvalue weighted by Crippen LogP contribution is 2.26. The minimum Gasteiger partial charge on any atom is -0.477 e. The zero-order valence-corrected chi connectivity index (χ0v) is 13.1. The second-order valence-electron chi connectivity index (χ2n) is 5.93. The van der Waals surface area contributed by atoms with Gasteiger partial charge in [0.15, 0.2) is 0 Å². The van der Waals surface area contributed by atoms with Gasteiger partial charge >= 0.3 is 5.97 Å². The van der Waals surface area contributed by atoms with E-state index in [-0.39, 0.29) is 0 Å². The van der Waals surface area contributed by atoms with Gasteiger partial charge in [-0.1, -0.05) is 41.5 Å². The van der Waals surface area contributed by atoms with Crippen molar-refractivity contribution < 1.29 is 9.90 Å². The first kappa shape index (κ1) is 14.4. The molecule has 3 rings (SSSR count). The standard InChI is InChI=1S/C19H19NO2/c1-12-4-6-15(7-5-12)11-20-17(19(21)22)10-16-9-13(2)8-14(3)18(16)20/h4-10H,11H2,1-3H3,(H,21,22). The first-order chi connectivity index (χ1) is 10.5. The number of nitrogens with zero attached hydrogens (tertiary/aromatic N) is 1. The molecule has 0 spiro atoms. The number of hydrogen-bond acceptors (Lipinski definition) is 1. The van der Waals surface area contributed by atoms with Crippen LogP contribution in [0.1, 0.15) is 32.7 Å². The number of hydrogen-bond donors (Lipinski definition) is 1. The van der Waals surface area contributed by atoms with Crippen LogP contribution in [0.3, 0.4) is 0 Å². The average Bonchev–Trinajstić information content (AvgIpc) is 2.80. The lowest BCUT2D eigenvalue weighted by Crippen LogP contribution is -2.09. The molecule has 0 atom stereocenters. The number of carboxylic acids is 1. The first-order valence-corrected chi connectivity index (χ1v) is 7.35. The molecule has 22 heavy (non-hydrogen) atoms. The summed E-state index contributed by atoms with van der Waals surface area (Å²) in [4.78, 5) is 11.6. The molecular weight excluding hydrogens is 274 g/mol. The summed E-state index contributed by atoms with van der Waals surface area (Å²) in [5, 5.41) is 10.5. The van der Waals surface area contributed by atoms with Crippen molar-refractivity contribution in [1.29, 1.82) is 0 Å². The lowest BCUT2D eigenvalue weighted by atomic mass is 10.1. The highest BCUT2D eigenvalue weighted by atomic mass is 16.4. The molecule has 0 saturated heterocycles. The van der Waals surface area contributed by atoms with Gasteiger partial charge in [-0.25, -0.2) is 4.79 Å². The average molecular weight is 293 g/mol. The molecule has 0 amide bonds. The molecule has 0 radical (unpaired) electrons. The van der Waals surface area contributed by atoms with Crippen molar-refractivity contribution in [1.82, 2.24) is 4.57 Å². The number of carbonyl (C=O) groups is 1. The zero-order valence-electron chi connectivity index (χ0n) is 13.1. The molecule has 0 unspecified atom stereocenters. The molecule has 3 nitrogen and oxygen atoms in total. The number of aromatic nitrogens is 1. The predicted molar refractivity (Wildman–Crippen MR) is 88.7 cm³/mol. The van der Waals surface area contributed by atoms with Gasteiger partial charge in [0, 0.05) is 11.9 Å². The van der Waals surface area contributed by atoms with E-state index in [1.54, 1.807) is 6.07 Å². The van der Waals surface area contributed by atoms with Gasteiger partial charge in [-0.3, -0.25) is 0 Å². The number of benzene rings is 2. The van der Waals surface area contributed by atoms with Gasteiger partial charge in [-0.05, 0) is 44.0 Å². The van der Waals surface area contributed by atoms with Gasteiger partial charge in [0.2, 0.25) is 0 Å². The van der Waals surface area contributed by atoms with Gasteiger partial charge in [0.05, 0.1) is 5.52 Å². The molecule has 2 aromatic carbocycles. The molecule has 1 aromatic heterocycles. The Bertz CT molecular complexity index is 857. The van der Waals surface area contributed by atoms with E-state index >= 15 is 0 Å². The van der Waals surface area contributed by atoms with E-state index in [0.29, 0.717) is 12.2 Å². The maximum absolute atomic E-state index is 11.6. The first-order valence-electron chi connectivity index (χ1n) is 7.35. The fraction of sp³-hybridized carbons (Fsp3) is 0.211. The molecule has 0 aliphatic carbocycles. The second kappa shape index (κ2) is 5.34. The Balaban J connectivity index is 2.19. The fourth-order valence-electron chi connectivity index (χ4n) is 3.03. The molecule has 1 heterocycles. The minimum absolute atomic E-state index is 0.337. The lowest BCUT2D eigenvalue weighted by molar-refractivity contribution is 0.0686. The molecule has 3 heteroatoms. The van der Waals surface area contributed by atoms with E-state index < -0.39 is 5.97 Å². The third kappa shape index (κ3) is 2.50. The molecule has 0 aliphatic rings. The van der Waals surface area contributed by atoms with Crippen LogP contribution in [-0.2, 0) is 6.54 Å². The number of carboxylic acid groups (broad SMARTS) is 1. The Morgan fingerprint density at radius 3 is 2.32 bits per heavy atom. The normalized spacial score (nSPS) is 11.0. The fourth-order valence-corrected chi connectivity index (χ4v) is 3.03. The number of aromatic carboxylic acids is 1. The van der Waals surface area contributed by atoms with Crippen LogP contribution < -0.4 is 0 Å². The van der Waals surface area contributed by atoms with Gasteiger partial charge in [-0.2, -0.15) is 0 Å². The maximum Gasteiger partial charge on any atom is 0.352 e. The van der Waals surface area contributed by atoms with Crippen molar-refractivity contribution >= 4 is 16.9 Å². The number of rotatable bonds is 3. The summed E-state index contributed by atoms with van der Waals surface area (Å²) in [6.45, 7) is 6.68. The Morgan fingerprint density at radius 1 is 1.00 bits per heavy atom. The van der Waals surface area contributed by atoms with Crippen molar-refractivity contribution in [2.75, 3.05) is 0 Å². The largest absolute Gasteiger partial charge is 0.477 e. The topological polar surface area (TPSA) is 42.2 Å². The monoisotopic (exact) mass is 293 g/mol. The van der Waals surface area contributed by atoms with E-state index in [9.17, 15) is 9.90 Å². The molecule has 3 aromatic rings. The van der Waals surface area contributed by atoms with Crippen molar-refractivity contribution in [3.05, 3.63) is 70.4 Å². The molecule has 0 saturated carbocycles. The summed E-state index contributed by atoms with van der Waals surface area (Å²) in [7, 11) is 0. The molecular formula is C19H19NO2. The maximum atomic E-state index is 11.6. The van der Waals surface area contributed by atoms with Crippen molar-refractivity contribution in [2.24, 2.45) is 0 Å². The van der Waals surface area contributed by atoms with Gasteiger partial charge in [-0.15, -0.1) is 0 Å². The molecule has 0 bridgehead atoms. The van der Waals surface area contributed by atoms with Crippen LogP contribution in [0.25, 0.3) is 10.9 Å². The third-order valence-corrected chi connectivity index (χ3v) is 4.01. The van der Waals surface area contributed by atoms with E-state index in [1.807, 2.05) is 31.4 Å². The molecule has 0 fully saturated rings. The highest BCUT2D eigenvalue weighted by Gasteiger charge is 2.16. The second-order valence-corrected chi connectivity index (χ2v) is 5.93. The smallest absolute Gasteiger partial charge is 0.352 e. The Morgan fingerprint density at radius 2 is 1.68 bits per heavy atom. The van der Waals surface area contributed by atoms with Crippen molar-refractivity contribution in [2.45, 2.75) is 27.3 Å². The van der Waals surface area contributed by atoms with E-state index in [4.69, 9.17) is 0 Å². The van der Waals surface area contributed by atoms with Gasteiger partial charge in [0.1, 0.15) is 5.69 Å². The summed E-state index contributed by atoms with van der Waals surface area (Å²) in [5.74, 6) is -0.889. The van der Waals surface area contributed by atoms with Gasteiger partial charge < -0.3 is 9.67 Å². The molecule has 112 valence electrons. The van der Waals surface area contributed by atoms with E-state index in [2.05, 4.69) is 30.3 Å². The summed E-state index contributed by atoms with van der Waals surface area (Å²) in [6.07, 6.45) is 0. The van der Waals surface area contributed by atoms with Crippen molar-refractivity contribution in [3.8, 4) is 0 Å². The minimum atomic E-state index is -0.889. The van der Waals surface area contributed by atoms with E-state index in [1.165, 1.54) is 5.56 Å². The number of aryl methyl sites for hydroxylation is 3. The van der Waals surface area contributed by atoms with Crippen LogP contribution in [-0.4, -0.2) is 15.6 Å². The quantitative estimate of drug-likeness (QED) is 0.781. The Hall–Kier alpha value is -2.55. The Labute approximate surface area is 129 Å². The SMILES string of the molecule is Cc1ccc(Cn2c(C(=O)O)cc3cc(C)cc(C)c32)cc1. The van der Waals surface area contributed by atoms with Crippen LogP contribution >= 0.6 is 0 Å². The summed E-state index contributed by atoms with van der Waals surface area (Å²) >= 11 is 0. The molecule has 1 N–H and O–H groups in total. The van der Waals surface area contributed by atoms with Crippen LogP contribution in [0.15, 0.2) is 42.5 Å². The summed E-state index contributed by atoms with van der Waals surface area (Å²) in [6, 6.07) is 14.1. The van der Waals surface area contributed by atoms with Crippen LogP contribution in [0.2, 0.25) is 0 Å². The Kier molecular flexibility index (Phi) is 3.49. The van der Waals surface area contributed by atoms with E-state index in [0.717, 1.165) is 27.6 Å². The van der Waals surface area contributed by atoms with Crippen molar-refractivity contribution in [3.63, 3.8) is 0 Å².